The maximum absolute atomic E-state index is 11.8. The van der Waals surface area contributed by atoms with Crippen LogP contribution in [0.25, 0.3) is 10.9 Å². The van der Waals surface area contributed by atoms with Crippen molar-refractivity contribution in [2.45, 2.75) is 13.8 Å². The fraction of sp³-hybridized carbons (Fsp3) is 0.250. The van der Waals surface area contributed by atoms with Crippen LogP contribution in [0.4, 0.5) is 0 Å². The van der Waals surface area contributed by atoms with Crippen LogP contribution in [0.3, 0.4) is 0 Å². The molecule has 0 saturated heterocycles. The molecule has 0 bridgehead atoms. The number of pyridine rings is 1. The van der Waals surface area contributed by atoms with E-state index >= 15 is 0 Å². The molecule has 1 aromatic heterocycles. The Kier molecular flexibility index (Phi) is 2.15. The maximum atomic E-state index is 11.8. The zero-order valence-electron chi connectivity index (χ0n) is 9.40. The minimum atomic E-state index is -0.116. The highest BCUT2D eigenvalue weighted by Gasteiger charge is 2.12. The number of aromatic nitrogens is 1. The number of phenolic OH excluding ortho intramolecular Hbond substituents is 2. The Labute approximate surface area is 92.4 Å². The van der Waals surface area contributed by atoms with Gasteiger partial charge in [-0.3, -0.25) is 4.79 Å². The summed E-state index contributed by atoms with van der Waals surface area (Å²) in [6, 6.07) is 2.75. The molecule has 2 N–H and O–H groups in total. The van der Waals surface area contributed by atoms with E-state index in [1.165, 1.54) is 16.7 Å². The molecule has 0 fully saturated rings. The molecule has 0 unspecified atom stereocenters. The van der Waals surface area contributed by atoms with Crippen LogP contribution in [0.15, 0.2) is 16.9 Å². The van der Waals surface area contributed by atoms with Crippen molar-refractivity contribution in [2.75, 3.05) is 0 Å². The van der Waals surface area contributed by atoms with Crippen molar-refractivity contribution in [3.8, 4) is 11.5 Å². The van der Waals surface area contributed by atoms with Gasteiger partial charge in [-0.15, -0.1) is 0 Å². The molecule has 0 radical (unpaired) electrons. The molecule has 2 aromatic rings. The number of hydrogen-bond donors (Lipinski definition) is 2. The van der Waals surface area contributed by atoms with Gasteiger partial charge in [-0.1, -0.05) is 0 Å². The molecular weight excluding hydrogens is 206 g/mol. The standard InChI is InChI=1S/C12H13NO3/c1-6-7(2)12(16)13(3)9-4-8(14)5-10(15)11(6)9/h4-5,14-15H,1-3H3. The van der Waals surface area contributed by atoms with Crippen molar-refractivity contribution >= 4 is 10.9 Å². The van der Waals surface area contributed by atoms with E-state index < -0.39 is 0 Å². The van der Waals surface area contributed by atoms with Gasteiger partial charge in [0.25, 0.3) is 5.56 Å². The molecular formula is C12H13NO3. The van der Waals surface area contributed by atoms with E-state index in [0.29, 0.717) is 16.5 Å². The van der Waals surface area contributed by atoms with Crippen LogP contribution in [0.1, 0.15) is 11.1 Å². The first kappa shape index (κ1) is 10.5. The summed E-state index contributed by atoms with van der Waals surface area (Å²) in [5.41, 5.74) is 1.77. The molecule has 84 valence electrons. The molecule has 0 atom stereocenters. The van der Waals surface area contributed by atoms with E-state index in [4.69, 9.17) is 0 Å². The van der Waals surface area contributed by atoms with Crippen LogP contribution in [-0.2, 0) is 7.05 Å². The summed E-state index contributed by atoms with van der Waals surface area (Å²) in [4.78, 5) is 11.8. The normalized spacial score (nSPS) is 10.9. The molecule has 1 aromatic carbocycles. The number of aryl methyl sites for hydroxylation is 2. The van der Waals surface area contributed by atoms with Gasteiger partial charge < -0.3 is 14.8 Å². The lowest BCUT2D eigenvalue weighted by atomic mass is 10.0. The number of benzene rings is 1. The quantitative estimate of drug-likeness (QED) is 0.707. The molecule has 16 heavy (non-hydrogen) atoms. The lowest BCUT2D eigenvalue weighted by molar-refractivity contribution is 0.454. The summed E-state index contributed by atoms with van der Waals surface area (Å²) >= 11 is 0. The Morgan fingerprint density at radius 3 is 2.38 bits per heavy atom. The number of hydrogen-bond acceptors (Lipinski definition) is 3. The Morgan fingerprint density at radius 2 is 1.75 bits per heavy atom. The fourth-order valence-corrected chi connectivity index (χ4v) is 1.95. The molecule has 0 spiro atoms. The first-order valence-electron chi connectivity index (χ1n) is 4.95. The number of rotatable bonds is 0. The minimum Gasteiger partial charge on any atom is -0.508 e. The van der Waals surface area contributed by atoms with Gasteiger partial charge in [0.15, 0.2) is 0 Å². The third kappa shape index (κ3) is 1.26. The highest BCUT2D eigenvalue weighted by Crippen LogP contribution is 2.31. The predicted octanol–water partition coefficient (Wildman–Crippen LogP) is 1.57. The third-order valence-corrected chi connectivity index (χ3v) is 3.01. The number of phenols is 2. The average Bonchev–Trinajstić information content (AvgIpc) is 2.22. The molecule has 4 nitrogen and oxygen atoms in total. The summed E-state index contributed by atoms with van der Waals surface area (Å²) in [5, 5.41) is 19.8. The van der Waals surface area contributed by atoms with Crippen molar-refractivity contribution in [3.05, 3.63) is 33.6 Å². The number of nitrogens with zero attached hydrogens (tertiary/aromatic N) is 1. The van der Waals surface area contributed by atoms with E-state index in [2.05, 4.69) is 0 Å². The van der Waals surface area contributed by atoms with Crippen molar-refractivity contribution in [1.29, 1.82) is 0 Å². The summed E-state index contributed by atoms with van der Waals surface area (Å²) in [6.07, 6.45) is 0. The summed E-state index contributed by atoms with van der Waals surface area (Å²) < 4.78 is 1.43. The van der Waals surface area contributed by atoms with Crippen molar-refractivity contribution in [2.24, 2.45) is 7.05 Å². The van der Waals surface area contributed by atoms with Gasteiger partial charge in [0.05, 0.1) is 5.52 Å². The van der Waals surface area contributed by atoms with E-state index in [1.54, 1.807) is 20.9 Å². The van der Waals surface area contributed by atoms with Crippen LogP contribution in [0, 0.1) is 13.8 Å². The smallest absolute Gasteiger partial charge is 0.253 e. The molecule has 0 saturated carbocycles. The van der Waals surface area contributed by atoms with Crippen LogP contribution >= 0.6 is 0 Å². The topological polar surface area (TPSA) is 62.5 Å². The Morgan fingerprint density at radius 1 is 1.12 bits per heavy atom. The highest BCUT2D eigenvalue weighted by molar-refractivity contribution is 5.90. The largest absolute Gasteiger partial charge is 0.508 e. The van der Waals surface area contributed by atoms with Crippen LogP contribution < -0.4 is 5.56 Å². The molecule has 0 amide bonds. The fourth-order valence-electron chi connectivity index (χ4n) is 1.95. The molecule has 2 rings (SSSR count). The molecule has 4 heteroatoms. The van der Waals surface area contributed by atoms with Crippen molar-refractivity contribution in [3.63, 3.8) is 0 Å². The first-order chi connectivity index (χ1) is 7.43. The van der Waals surface area contributed by atoms with E-state index in [-0.39, 0.29) is 17.1 Å². The number of fused-ring (bicyclic) bond motifs is 1. The van der Waals surface area contributed by atoms with Gasteiger partial charge in [0.2, 0.25) is 0 Å². The lowest BCUT2D eigenvalue weighted by Gasteiger charge is -2.12. The van der Waals surface area contributed by atoms with E-state index in [1.807, 2.05) is 0 Å². The monoisotopic (exact) mass is 219 g/mol. The first-order valence-corrected chi connectivity index (χ1v) is 4.95. The maximum Gasteiger partial charge on any atom is 0.253 e. The Hall–Kier alpha value is -1.97. The molecule has 1 heterocycles. The summed E-state index contributed by atoms with van der Waals surface area (Å²) in [5.74, 6) is -0.0607. The SMILES string of the molecule is Cc1c(C)c2c(O)cc(O)cc2n(C)c1=O. The Bertz CT molecular complexity index is 641. The van der Waals surface area contributed by atoms with Gasteiger partial charge in [-0.2, -0.15) is 0 Å². The second-order valence-electron chi connectivity index (χ2n) is 3.97. The van der Waals surface area contributed by atoms with Crippen LogP contribution in [0.5, 0.6) is 11.5 Å². The van der Waals surface area contributed by atoms with Gasteiger partial charge in [0.1, 0.15) is 11.5 Å². The van der Waals surface area contributed by atoms with Crippen LogP contribution in [-0.4, -0.2) is 14.8 Å². The van der Waals surface area contributed by atoms with Crippen LogP contribution in [0.2, 0.25) is 0 Å². The number of aromatic hydroxyl groups is 2. The van der Waals surface area contributed by atoms with Crippen molar-refractivity contribution < 1.29 is 10.2 Å². The van der Waals surface area contributed by atoms with E-state index in [0.717, 1.165) is 5.56 Å². The highest BCUT2D eigenvalue weighted by atomic mass is 16.3. The lowest BCUT2D eigenvalue weighted by Crippen LogP contribution is -2.20. The molecule has 0 aliphatic heterocycles. The molecule has 0 aliphatic rings. The summed E-state index contributed by atoms with van der Waals surface area (Å²) in [6.45, 7) is 3.51. The second-order valence-corrected chi connectivity index (χ2v) is 3.97. The Balaban J connectivity index is 3.15. The second kappa shape index (κ2) is 3.27. The van der Waals surface area contributed by atoms with Gasteiger partial charge in [-0.25, -0.2) is 0 Å². The van der Waals surface area contributed by atoms with Gasteiger partial charge in [-0.05, 0) is 19.4 Å². The average molecular weight is 219 g/mol. The zero-order chi connectivity index (χ0) is 12.0. The minimum absolute atomic E-state index is 0.00815. The zero-order valence-corrected chi connectivity index (χ0v) is 9.40. The van der Waals surface area contributed by atoms with Gasteiger partial charge >= 0.3 is 0 Å². The summed E-state index contributed by atoms with van der Waals surface area (Å²) in [7, 11) is 1.62. The van der Waals surface area contributed by atoms with E-state index in [9.17, 15) is 15.0 Å². The van der Waals surface area contributed by atoms with Gasteiger partial charge in [0, 0.05) is 30.1 Å². The van der Waals surface area contributed by atoms with Crippen molar-refractivity contribution in [1.82, 2.24) is 4.57 Å². The third-order valence-electron chi connectivity index (χ3n) is 3.01. The predicted molar refractivity (Wildman–Crippen MR) is 62.0 cm³/mol. The molecule has 0 aliphatic carbocycles.